The molecule has 0 bridgehead atoms. The van der Waals surface area contributed by atoms with E-state index < -0.39 is 35.0 Å². The second-order valence-electron chi connectivity index (χ2n) is 6.98. The number of carbonyl (C=O) groups excluding carboxylic acids is 1. The fourth-order valence-electron chi connectivity index (χ4n) is 3.69. The molecule has 2 aromatic rings. The van der Waals surface area contributed by atoms with Crippen LogP contribution in [-0.4, -0.2) is 45.1 Å². The summed E-state index contributed by atoms with van der Waals surface area (Å²) in [5, 5.41) is 12.5. The van der Waals surface area contributed by atoms with Crippen LogP contribution in [0.2, 0.25) is 0 Å². The number of halogens is 1. The van der Waals surface area contributed by atoms with Crippen LogP contribution in [0, 0.1) is 0 Å². The molecule has 2 unspecified atom stereocenters. The number of hydrogen-bond donors (Lipinski definition) is 2. The summed E-state index contributed by atoms with van der Waals surface area (Å²) in [7, 11) is 0. The molecular formula is C18H17BrN6O5S. The summed E-state index contributed by atoms with van der Waals surface area (Å²) < 4.78 is 7.67. The summed E-state index contributed by atoms with van der Waals surface area (Å²) in [5.41, 5.74) is 8.26. The smallest absolute Gasteiger partial charge is 0.330 e. The quantitative estimate of drug-likeness (QED) is 0.357. The first kappa shape index (κ1) is 21.7. The number of ether oxygens (including phenoxy) is 1. The molecule has 13 heteroatoms. The van der Waals surface area contributed by atoms with Crippen molar-refractivity contribution in [2.75, 3.05) is 17.3 Å². The van der Waals surface area contributed by atoms with Crippen molar-refractivity contribution in [2.45, 2.75) is 30.2 Å². The highest BCUT2D eigenvalue weighted by Crippen LogP contribution is 2.41. The van der Waals surface area contributed by atoms with Crippen molar-refractivity contribution in [3.8, 4) is 0 Å². The van der Waals surface area contributed by atoms with Crippen molar-refractivity contribution in [1.82, 2.24) is 9.55 Å². The number of amides is 1. The van der Waals surface area contributed by atoms with Gasteiger partial charge in [-0.15, -0.1) is 11.8 Å². The van der Waals surface area contributed by atoms with Gasteiger partial charge in [0, 0.05) is 27.7 Å². The second-order valence-corrected chi connectivity index (χ2v) is 8.96. The number of rotatable bonds is 5. The maximum absolute atomic E-state index is 12.7. The average molecular weight is 509 g/mol. The Morgan fingerprint density at radius 1 is 1.39 bits per heavy atom. The third-order valence-electron chi connectivity index (χ3n) is 5.11. The van der Waals surface area contributed by atoms with E-state index in [-0.39, 0.29) is 30.3 Å². The van der Waals surface area contributed by atoms with E-state index in [9.17, 15) is 19.5 Å². The number of anilines is 1. The zero-order valence-electron chi connectivity index (χ0n) is 15.9. The molecule has 0 aliphatic carbocycles. The highest BCUT2D eigenvalue weighted by molar-refractivity contribution is 9.10. The molecule has 0 radical (unpaired) electrons. The monoisotopic (exact) mass is 508 g/mol. The zero-order chi connectivity index (χ0) is 22.1. The third kappa shape index (κ3) is 4.14. The lowest BCUT2D eigenvalue weighted by atomic mass is 10.1. The summed E-state index contributed by atoms with van der Waals surface area (Å²) in [6, 6.07) is 6.51. The van der Waals surface area contributed by atoms with Gasteiger partial charge in [-0.25, -0.2) is 4.79 Å². The number of hydrogen-bond acceptors (Lipinski definition) is 7. The van der Waals surface area contributed by atoms with Crippen LogP contribution in [0.15, 0.2) is 49.6 Å². The van der Waals surface area contributed by atoms with Crippen molar-refractivity contribution < 1.29 is 14.6 Å². The van der Waals surface area contributed by atoms with E-state index in [2.05, 4.69) is 30.9 Å². The van der Waals surface area contributed by atoms with Crippen LogP contribution in [0.1, 0.15) is 23.6 Å². The minimum atomic E-state index is -0.836. The first-order valence-electron chi connectivity index (χ1n) is 9.28. The van der Waals surface area contributed by atoms with Gasteiger partial charge in [0.15, 0.2) is 0 Å². The maximum Gasteiger partial charge on any atom is 0.330 e. The molecule has 11 nitrogen and oxygen atoms in total. The van der Waals surface area contributed by atoms with Crippen molar-refractivity contribution in [3.05, 3.63) is 71.8 Å². The Morgan fingerprint density at radius 2 is 2.19 bits per heavy atom. The second kappa shape index (κ2) is 8.89. The number of aliphatic hydroxyl groups excluding tert-OH is 1. The first-order valence-corrected chi connectivity index (χ1v) is 11.1. The summed E-state index contributed by atoms with van der Waals surface area (Å²) in [5.74, 6) is 0.0208. The minimum Gasteiger partial charge on any atom is -0.394 e. The molecule has 3 heterocycles. The molecule has 2 aliphatic heterocycles. The highest BCUT2D eigenvalue weighted by atomic mass is 79.9. The van der Waals surface area contributed by atoms with E-state index in [1.165, 1.54) is 27.4 Å². The lowest BCUT2D eigenvalue weighted by Gasteiger charge is -2.25. The molecule has 4 atom stereocenters. The van der Waals surface area contributed by atoms with Crippen LogP contribution in [0.5, 0.6) is 0 Å². The fourth-order valence-corrected chi connectivity index (χ4v) is 5.25. The molecule has 162 valence electrons. The predicted octanol–water partition coefficient (Wildman–Crippen LogP) is 2.04. The molecule has 0 saturated carbocycles. The van der Waals surface area contributed by atoms with Gasteiger partial charge in [-0.3, -0.25) is 24.0 Å². The van der Waals surface area contributed by atoms with Crippen LogP contribution < -0.4 is 16.1 Å². The number of aromatic nitrogens is 2. The largest absolute Gasteiger partial charge is 0.394 e. The predicted molar refractivity (Wildman–Crippen MR) is 117 cm³/mol. The van der Waals surface area contributed by atoms with Crippen molar-refractivity contribution in [1.29, 1.82) is 0 Å². The van der Waals surface area contributed by atoms with Crippen LogP contribution in [0.25, 0.3) is 10.4 Å². The molecule has 4 rings (SSSR count). The van der Waals surface area contributed by atoms with E-state index >= 15 is 0 Å². The molecule has 1 amide bonds. The van der Waals surface area contributed by atoms with Gasteiger partial charge in [0.05, 0.1) is 30.1 Å². The normalized spacial score (nSPS) is 25.6. The lowest BCUT2D eigenvalue weighted by molar-refractivity contribution is -0.115. The number of benzene rings is 1. The van der Waals surface area contributed by atoms with E-state index in [0.29, 0.717) is 5.69 Å². The molecule has 1 aromatic carbocycles. The van der Waals surface area contributed by atoms with Gasteiger partial charge in [-0.2, -0.15) is 0 Å². The SMILES string of the molecule is [N-]=[N+]=NC1C[C@H](n2cc(C3SCC(=O)N3c3cccc(Br)c3)c(=O)[nH]c2=O)O[C@@H]1CO. The summed E-state index contributed by atoms with van der Waals surface area (Å²) in [6.07, 6.45) is -0.0619. The van der Waals surface area contributed by atoms with E-state index in [4.69, 9.17) is 10.3 Å². The number of thioether (sulfide) groups is 1. The number of nitrogens with zero attached hydrogens (tertiary/aromatic N) is 5. The fraction of sp³-hybridized carbons (Fsp3) is 0.389. The summed E-state index contributed by atoms with van der Waals surface area (Å²) in [6.45, 7) is -0.380. The molecule has 31 heavy (non-hydrogen) atoms. The van der Waals surface area contributed by atoms with Gasteiger partial charge >= 0.3 is 5.69 Å². The van der Waals surface area contributed by atoms with Gasteiger partial charge in [-0.1, -0.05) is 27.1 Å². The molecule has 1 aromatic heterocycles. The molecular weight excluding hydrogens is 492 g/mol. The van der Waals surface area contributed by atoms with Crippen LogP contribution >= 0.6 is 27.7 Å². The topological polar surface area (TPSA) is 153 Å². The summed E-state index contributed by atoms with van der Waals surface area (Å²) in [4.78, 5) is 44.3. The van der Waals surface area contributed by atoms with Crippen molar-refractivity contribution in [3.63, 3.8) is 0 Å². The van der Waals surface area contributed by atoms with Gasteiger partial charge in [0.25, 0.3) is 5.56 Å². The lowest BCUT2D eigenvalue weighted by Crippen LogP contribution is -2.37. The van der Waals surface area contributed by atoms with Crippen LogP contribution in [0.3, 0.4) is 0 Å². The molecule has 0 spiro atoms. The Morgan fingerprint density at radius 3 is 2.90 bits per heavy atom. The molecule has 2 fully saturated rings. The zero-order valence-corrected chi connectivity index (χ0v) is 18.3. The number of H-pyrrole nitrogens is 1. The number of carbonyl (C=O) groups is 1. The number of azide groups is 1. The Bertz CT molecular complexity index is 1180. The number of nitrogens with one attached hydrogen (secondary N) is 1. The molecule has 2 saturated heterocycles. The van der Waals surface area contributed by atoms with Crippen molar-refractivity contribution >= 4 is 39.3 Å². The van der Waals surface area contributed by atoms with Gasteiger partial charge in [-0.05, 0) is 23.7 Å². The van der Waals surface area contributed by atoms with Gasteiger partial charge < -0.3 is 9.84 Å². The van der Waals surface area contributed by atoms with E-state index in [1.54, 1.807) is 18.2 Å². The summed E-state index contributed by atoms with van der Waals surface area (Å²) >= 11 is 4.66. The van der Waals surface area contributed by atoms with E-state index in [1.807, 2.05) is 6.07 Å². The highest BCUT2D eigenvalue weighted by Gasteiger charge is 2.39. The molecule has 2 N–H and O–H groups in total. The number of aromatic amines is 1. The van der Waals surface area contributed by atoms with E-state index in [0.717, 1.165) is 4.47 Å². The Labute approximate surface area is 187 Å². The Balaban J connectivity index is 1.73. The number of aliphatic hydroxyl groups is 1. The first-order chi connectivity index (χ1) is 14.9. The Kier molecular flexibility index (Phi) is 6.21. The Hall–Kier alpha value is -2.57. The third-order valence-corrected chi connectivity index (χ3v) is 6.80. The van der Waals surface area contributed by atoms with Crippen molar-refractivity contribution in [2.24, 2.45) is 5.11 Å². The molecule has 2 aliphatic rings. The van der Waals surface area contributed by atoms with Gasteiger partial charge in [0.1, 0.15) is 11.6 Å². The standard InChI is InChI=1S/C18H17BrN6O5S/c19-9-2-1-3-10(4-9)25-14(27)8-31-17(25)11-6-24(18(29)21-16(11)28)15-5-12(22-23-20)13(7-26)30-15/h1-4,6,12-13,15,17,26H,5,7-8H2,(H,21,28,29)/t12?,13-,15-,17?/m1/s1. The minimum absolute atomic E-state index is 0.159. The van der Waals surface area contributed by atoms with Crippen LogP contribution in [-0.2, 0) is 9.53 Å². The average Bonchev–Trinajstić information content (AvgIpc) is 3.31. The maximum atomic E-state index is 12.7. The van der Waals surface area contributed by atoms with Gasteiger partial charge in [0.2, 0.25) is 5.91 Å². The van der Waals surface area contributed by atoms with Crippen LogP contribution in [0.4, 0.5) is 5.69 Å².